The predicted octanol–water partition coefficient (Wildman–Crippen LogP) is 2.73. The van der Waals surface area contributed by atoms with Gasteiger partial charge in [-0.2, -0.15) is 0 Å². The van der Waals surface area contributed by atoms with Crippen molar-refractivity contribution in [3.63, 3.8) is 0 Å². The molecule has 0 aliphatic carbocycles. The number of anilines is 1. The fourth-order valence-corrected chi connectivity index (χ4v) is 2.59. The summed E-state index contributed by atoms with van der Waals surface area (Å²) in [6.45, 7) is 1.82. The molecule has 1 N–H and O–H groups in total. The van der Waals surface area contributed by atoms with E-state index in [4.69, 9.17) is 16.3 Å². The van der Waals surface area contributed by atoms with Crippen LogP contribution in [0.25, 0.3) is 0 Å². The van der Waals surface area contributed by atoms with Crippen LogP contribution in [0.1, 0.15) is 12.8 Å². The average Bonchev–Trinajstić information content (AvgIpc) is 2.46. The molecule has 2 rings (SSSR count). The number of methoxy groups -OCH3 is 1. The lowest BCUT2D eigenvalue weighted by atomic mass is 9.96. The number of nitrogens with one attached hydrogen (secondary N) is 1. The summed E-state index contributed by atoms with van der Waals surface area (Å²) in [5.41, 5.74) is 0.800. The van der Waals surface area contributed by atoms with Gasteiger partial charge in [0, 0.05) is 18.7 Å². The molecular formula is C14H20Cl2N2O2. The molecule has 0 spiro atoms. The van der Waals surface area contributed by atoms with E-state index in [1.165, 1.54) is 0 Å². The van der Waals surface area contributed by atoms with E-state index in [-0.39, 0.29) is 24.2 Å². The highest BCUT2D eigenvalue weighted by Crippen LogP contribution is 2.29. The number of nitrogens with zero attached hydrogens (tertiary/aromatic N) is 1. The molecular weight excluding hydrogens is 299 g/mol. The van der Waals surface area contributed by atoms with Crippen LogP contribution >= 0.6 is 24.0 Å². The van der Waals surface area contributed by atoms with Gasteiger partial charge < -0.3 is 15.0 Å². The molecule has 0 aromatic heterocycles. The lowest BCUT2D eigenvalue weighted by Crippen LogP contribution is -2.39. The number of amides is 1. The van der Waals surface area contributed by atoms with Crippen LogP contribution in [0, 0.1) is 5.92 Å². The number of carbonyl (C=O) groups is 1. The van der Waals surface area contributed by atoms with Gasteiger partial charge in [0.2, 0.25) is 5.91 Å². The van der Waals surface area contributed by atoms with Crippen molar-refractivity contribution in [2.45, 2.75) is 12.8 Å². The second-order valence-electron chi connectivity index (χ2n) is 4.74. The predicted molar refractivity (Wildman–Crippen MR) is 84.3 cm³/mol. The normalized spacial score (nSPS) is 15.3. The first-order valence-electron chi connectivity index (χ1n) is 6.45. The molecule has 1 aromatic carbocycles. The van der Waals surface area contributed by atoms with Crippen molar-refractivity contribution in [1.82, 2.24) is 5.32 Å². The minimum absolute atomic E-state index is 0. The van der Waals surface area contributed by atoms with Crippen molar-refractivity contribution in [1.29, 1.82) is 0 Å². The van der Waals surface area contributed by atoms with Crippen molar-refractivity contribution in [3.8, 4) is 5.75 Å². The zero-order chi connectivity index (χ0) is 13.8. The number of ether oxygens (including phenoxy) is 1. The number of halogens is 2. The molecule has 0 atom stereocenters. The minimum Gasteiger partial charge on any atom is -0.495 e. The summed E-state index contributed by atoms with van der Waals surface area (Å²) in [7, 11) is 3.37. The Kier molecular flexibility index (Phi) is 6.59. The monoisotopic (exact) mass is 318 g/mol. The van der Waals surface area contributed by atoms with Crippen molar-refractivity contribution < 1.29 is 9.53 Å². The maximum Gasteiger partial charge on any atom is 0.229 e. The Balaban J connectivity index is 0.00000200. The van der Waals surface area contributed by atoms with Crippen molar-refractivity contribution in [3.05, 3.63) is 23.2 Å². The quantitative estimate of drug-likeness (QED) is 0.931. The summed E-state index contributed by atoms with van der Waals surface area (Å²) in [6.07, 6.45) is 1.79. The molecule has 1 amide bonds. The third-order valence-corrected chi connectivity index (χ3v) is 3.84. The highest BCUT2D eigenvalue weighted by molar-refractivity contribution is 6.32. The van der Waals surface area contributed by atoms with Crippen LogP contribution in [0.4, 0.5) is 5.69 Å². The summed E-state index contributed by atoms with van der Waals surface area (Å²) >= 11 is 6.09. The zero-order valence-electron chi connectivity index (χ0n) is 11.7. The number of benzene rings is 1. The molecule has 1 aliphatic heterocycles. The highest BCUT2D eigenvalue weighted by Gasteiger charge is 2.24. The van der Waals surface area contributed by atoms with Gasteiger partial charge in [0.25, 0.3) is 0 Å². The van der Waals surface area contributed by atoms with Gasteiger partial charge in [-0.25, -0.2) is 0 Å². The highest BCUT2D eigenvalue weighted by atomic mass is 35.5. The molecule has 0 saturated carbocycles. The summed E-state index contributed by atoms with van der Waals surface area (Å²) in [5, 5.41) is 3.78. The van der Waals surface area contributed by atoms with Crippen molar-refractivity contribution in [2.24, 2.45) is 5.92 Å². The molecule has 1 aliphatic rings. The first-order chi connectivity index (χ1) is 9.13. The van der Waals surface area contributed by atoms with E-state index in [0.29, 0.717) is 10.8 Å². The van der Waals surface area contributed by atoms with E-state index >= 15 is 0 Å². The van der Waals surface area contributed by atoms with Crippen LogP contribution in [-0.2, 0) is 4.79 Å². The Morgan fingerprint density at radius 3 is 2.60 bits per heavy atom. The topological polar surface area (TPSA) is 41.6 Å². The second-order valence-corrected chi connectivity index (χ2v) is 5.15. The Labute approximate surface area is 130 Å². The lowest BCUT2D eigenvalue weighted by molar-refractivity contribution is -0.122. The molecule has 0 radical (unpaired) electrons. The maximum atomic E-state index is 12.4. The molecule has 0 unspecified atom stereocenters. The fraction of sp³-hybridized carbons (Fsp3) is 0.500. The second kappa shape index (κ2) is 7.72. The molecule has 1 saturated heterocycles. The maximum absolute atomic E-state index is 12.4. The Hall–Kier alpha value is -0.970. The van der Waals surface area contributed by atoms with E-state index in [1.54, 1.807) is 31.2 Å². The minimum atomic E-state index is 0. The molecule has 1 heterocycles. The zero-order valence-corrected chi connectivity index (χ0v) is 13.3. The van der Waals surface area contributed by atoms with Gasteiger partial charge in [-0.3, -0.25) is 4.79 Å². The van der Waals surface area contributed by atoms with Crippen LogP contribution in [0.5, 0.6) is 5.75 Å². The Morgan fingerprint density at radius 2 is 2.05 bits per heavy atom. The van der Waals surface area contributed by atoms with Crippen LogP contribution in [-0.4, -0.2) is 33.2 Å². The molecule has 6 heteroatoms. The first-order valence-corrected chi connectivity index (χ1v) is 6.83. The van der Waals surface area contributed by atoms with E-state index in [9.17, 15) is 4.79 Å². The largest absolute Gasteiger partial charge is 0.495 e. The van der Waals surface area contributed by atoms with E-state index in [0.717, 1.165) is 31.6 Å². The standard InChI is InChI=1S/C14H19ClN2O2.ClH/c1-17(14(18)10-5-7-16-8-6-10)11-3-4-13(19-2)12(15)9-11;/h3-4,9-10,16H,5-8H2,1-2H3;1H. The fourth-order valence-electron chi connectivity index (χ4n) is 2.33. The number of rotatable bonds is 3. The number of hydrogen-bond acceptors (Lipinski definition) is 3. The van der Waals surface area contributed by atoms with Crippen LogP contribution < -0.4 is 15.0 Å². The summed E-state index contributed by atoms with van der Waals surface area (Å²) in [6, 6.07) is 5.40. The summed E-state index contributed by atoms with van der Waals surface area (Å²) in [4.78, 5) is 14.1. The number of carbonyl (C=O) groups excluding carboxylic acids is 1. The van der Waals surface area contributed by atoms with Crippen LogP contribution in [0.15, 0.2) is 18.2 Å². The van der Waals surface area contributed by atoms with Gasteiger partial charge in [-0.15, -0.1) is 12.4 Å². The Bertz CT molecular complexity index is 462. The third-order valence-electron chi connectivity index (χ3n) is 3.54. The van der Waals surface area contributed by atoms with Gasteiger partial charge >= 0.3 is 0 Å². The third kappa shape index (κ3) is 3.78. The number of piperidine rings is 1. The smallest absolute Gasteiger partial charge is 0.229 e. The average molecular weight is 319 g/mol. The SMILES string of the molecule is COc1ccc(N(C)C(=O)C2CCNCC2)cc1Cl.Cl. The molecule has 20 heavy (non-hydrogen) atoms. The molecule has 112 valence electrons. The summed E-state index contributed by atoms with van der Waals surface area (Å²) in [5.74, 6) is 0.878. The van der Waals surface area contributed by atoms with E-state index < -0.39 is 0 Å². The summed E-state index contributed by atoms with van der Waals surface area (Å²) < 4.78 is 5.11. The molecule has 1 aromatic rings. The van der Waals surface area contributed by atoms with Crippen molar-refractivity contribution in [2.75, 3.05) is 32.1 Å². The van der Waals surface area contributed by atoms with Gasteiger partial charge in [0.15, 0.2) is 0 Å². The van der Waals surface area contributed by atoms with Gasteiger partial charge in [0.1, 0.15) is 5.75 Å². The Morgan fingerprint density at radius 1 is 1.40 bits per heavy atom. The van der Waals surface area contributed by atoms with E-state index in [1.807, 2.05) is 6.07 Å². The first kappa shape index (κ1) is 17.1. The number of hydrogen-bond donors (Lipinski definition) is 1. The van der Waals surface area contributed by atoms with Crippen LogP contribution in [0.2, 0.25) is 5.02 Å². The molecule has 1 fully saturated rings. The van der Waals surface area contributed by atoms with Gasteiger partial charge in [-0.1, -0.05) is 11.6 Å². The lowest BCUT2D eigenvalue weighted by Gasteiger charge is -2.27. The molecule has 0 bridgehead atoms. The van der Waals surface area contributed by atoms with Gasteiger partial charge in [0.05, 0.1) is 12.1 Å². The van der Waals surface area contributed by atoms with Gasteiger partial charge in [-0.05, 0) is 44.1 Å². The van der Waals surface area contributed by atoms with Crippen molar-refractivity contribution >= 4 is 35.6 Å². The van der Waals surface area contributed by atoms with Crippen LogP contribution in [0.3, 0.4) is 0 Å². The molecule has 4 nitrogen and oxygen atoms in total. The van der Waals surface area contributed by atoms with E-state index in [2.05, 4.69) is 5.32 Å².